The van der Waals surface area contributed by atoms with E-state index in [0.29, 0.717) is 5.92 Å². The molecule has 2 aromatic carbocycles. The second-order valence-corrected chi connectivity index (χ2v) is 7.01. The molecule has 0 radical (unpaired) electrons. The number of para-hydroxylation sites is 1. The largest absolute Gasteiger partial charge is 0.484 e. The number of nitrogens with zero attached hydrogens (tertiary/aromatic N) is 1. The normalized spacial score (nSPS) is 13.8. The lowest BCUT2D eigenvalue weighted by atomic mass is 10.0. The van der Waals surface area contributed by atoms with Crippen LogP contribution in [0.2, 0.25) is 0 Å². The fourth-order valence-corrected chi connectivity index (χ4v) is 3.61. The Hall–Kier alpha value is -1.94. The number of carbonyl (C=O) groups is 1. The smallest absolute Gasteiger partial charge is 0.264 e. The third-order valence-electron chi connectivity index (χ3n) is 3.92. The fourth-order valence-electron chi connectivity index (χ4n) is 2.62. The summed E-state index contributed by atoms with van der Waals surface area (Å²) in [6.45, 7) is 5.09. The van der Waals surface area contributed by atoms with Crippen molar-refractivity contribution in [1.29, 1.82) is 0 Å². The van der Waals surface area contributed by atoms with Crippen LogP contribution in [0.5, 0.6) is 5.75 Å². The van der Waals surface area contributed by atoms with Gasteiger partial charge in [-0.2, -0.15) is 0 Å². The first kappa shape index (κ1) is 15.9. The molecule has 1 amide bonds. The van der Waals surface area contributed by atoms with Crippen LogP contribution in [0.15, 0.2) is 53.4 Å². The number of rotatable bonds is 4. The maximum Gasteiger partial charge on any atom is 0.264 e. The van der Waals surface area contributed by atoms with Crippen molar-refractivity contribution in [2.45, 2.75) is 24.7 Å². The van der Waals surface area contributed by atoms with Gasteiger partial charge in [0.25, 0.3) is 5.91 Å². The average Bonchev–Trinajstić information content (AvgIpc) is 2.59. The van der Waals surface area contributed by atoms with E-state index >= 15 is 0 Å². The van der Waals surface area contributed by atoms with Crippen LogP contribution in [0.1, 0.15) is 25.3 Å². The molecule has 0 spiro atoms. The minimum atomic E-state index is 0.00713. The molecule has 1 heterocycles. The number of hydrogen-bond acceptors (Lipinski definition) is 3. The van der Waals surface area contributed by atoms with E-state index in [1.54, 1.807) is 11.8 Å². The Kier molecular flexibility index (Phi) is 4.91. The lowest BCUT2D eigenvalue weighted by Crippen LogP contribution is -2.38. The van der Waals surface area contributed by atoms with Crippen LogP contribution in [0.4, 0.5) is 5.69 Å². The zero-order chi connectivity index (χ0) is 16.2. The number of ether oxygens (including phenoxy) is 1. The van der Waals surface area contributed by atoms with Crippen LogP contribution in [-0.4, -0.2) is 24.8 Å². The number of carbonyl (C=O) groups excluding carboxylic acids is 1. The highest BCUT2D eigenvalue weighted by Crippen LogP contribution is 2.34. The Balaban J connectivity index is 1.68. The van der Waals surface area contributed by atoms with Crippen molar-refractivity contribution in [2.24, 2.45) is 0 Å². The van der Waals surface area contributed by atoms with Gasteiger partial charge in [-0.1, -0.05) is 38.1 Å². The Morgan fingerprint density at radius 1 is 1.22 bits per heavy atom. The number of hydrogen-bond donors (Lipinski definition) is 0. The van der Waals surface area contributed by atoms with E-state index in [4.69, 9.17) is 4.74 Å². The summed E-state index contributed by atoms with van der Waals surface area (Å²) >= 11 is 1.79. The lowest BCUT2D eigenvalue weighted by Gasteiger charge is -2.28. The van der Waals surface area contributed by atoms with Gasteiger partial charge in [-0.05, 0) is 35.7 Å². The number of thioether (sulfide) groups is 1. The summed E-state index contributed by atoms with van der Waals surface area (Å²) in [5, 5.41) is 0. The molecule has 0 N–H and O–H groups in total. The Morgan fingerprint density at radius 3 is 2.87 bits per heavy atom. The van der Waals surface area contributed by atoms with Crippen molar-refractivity contribution >= 4 is 23.4 Å². The molecule has 0 bridgehead atoms. The van der Waals surface area contributed by atoms with Gasteiger partial charge in [0.05, 0.1) is 5.69 Å². The molecule has 0 aromatic heterocycles. The number of anilines is 1. The Bertz CT molecular complexity index is 699. The van der Waals surface area contributed by atoms with Gasteiger partial charge >= 0.3 is 0 Å². The zero-order valence-electron chi connectivity index (χ0n) is 13.5. The van der Waals surface area contributed by atoms with Gasteiger partial charge in [-0.15, -0.1) is 11.8 Å². The molecular formula is C19H21NO2S. The third kappa shape index (κ3) is 3.70. The molecular weight excluding hydrogens is 306 g/mol. The van der Waals surface area contributed by atoms with Crippen LogP contribution in [-0.2, 0) is 4.79 Å². The highest BCUT2D eigenvalue weighted by Gasteiger charge is 2.22. The molecule has 0 unspecified atom stereocenters. The quantitative estimate of drug-likeness (QED) is 0.837. The Labute approximate surface area is 141 Å². The summed E-state index contributed by atoms with van der Waals surface area (Å²) in [5.41, 5.74) is 2.21. The summed E-state index contributed by atoms with van der Waals surface area (Å²) in [7, 11) is 0. The van der Waals surface area contributed by atoms with Gasteiger partial charge < -0.3 is 9.64 Å². The van der Waals surface area contributed by atoms with Gasteiger partial charge in [0.1, 0.15) is 5.75 Å². The first-order valence-corrected chi connectivity index (χ1v) is 8.88. The van der Waals surface area contributed by atoms with Crippen LogP contribution < -0.4 is 9.64 Å². The minimum Gasteiger partial charge on any atom is -0.484 e. The van der Waals surface area contributed by atoms with Gasteiger partial charge in [0, 0.05) is 17.2 Å². The molecule has 0 fully saturated rings. The molecule has 0 saturated heterocycles. The fraction of sp³-hybridized carbons (Fsp3) is 0.316. The molecule has 0 saturated carbocycles. The van der Waals surface area contributed by atoms with Crippen molar-refractivity contribution in [3.05, 3.63) is 54.1 Å². The van der Waals surface area contributed by atoms with E-state index in [1.165, 1.54) is 5.56 Å². The summed E-state index contributed by atoms with van der Waals surface area (Å²) in [5.74, 6) is 2.13. The summed E-state index contributed by atoms with van der Waals surface area (Å²) in [6, 6.07) is 16.0. The van der Waals surface area contributed by atoms with Gasteiger partial charge in [0.15, 0.2) is 6.61 Å². The molecule has 23 heavy (non-hydrogen) atoms. The lowest BCUT2D eigenvalue weighted by molar-refractivity contribution is -0.120. The summed E-state index contributed by atoms with van der Waals surface area (Å²) < 4.78 is 5.73. The maximum absolute atomic E-state index is 12.5. The zero-order valence-corrected chi connectivity index (χ0v) is 14.3. The van der Waals surface area contributed by atoms with Crippen LogP contribution in [0, 0.1) is 0 Å². The predicted octanol–water partition coefficient (Wildman–Crippen LogP) is 4.33. The number of fused-ring (bicyclic) bond motifs is 1. The molecule has 0 aliphatic carbocycles. The van der Waals surface area contributed by atoms with Crippen LogP contribution in [0.3, 0.4) is 0 Å². The van der Waals surface area contributed by atoms with E-state index in [1.807, 2.05) is 41.3 Å². The topological polar surface area (TPSA) is 29.5 Å². The van der Waals surface area contributed by atoms with E-state index in [-0.39, 0.29) is 12.5 Å². The molecule has 4 heteroatoms. The van der Waals surface area contributed by atoms with Crippen molar-refractivity contribution in [2.75, 3.05) is 23.8 Å². The molecule has 120 valence electrons. The number of amides is 1. The summed E-state index contributed by atoms with van der Waals surface area (Å²) in [6.07, 6.45) is 0. The second-order valence-electron chi connectivity index (χ2n) is 5.88. The number of benzene rings is 2. The van der Waals surface area contributed by atoms with E-state index in [2.05, 4.69) is 26.0 Å². The third-order valence-corrected chi connectivity index (χ3v) is 4.96. The monoisotopic (exact) mass is 327 g/mol. The van der Waals surface area contributed by atoms with Crippen molar-refractivity contribution in [1.82, 2.24) is 0 Å². The molecule has 1 aliphatic heterocycles. The highest BCUT2D eigenvalue weighted by atomic mass is 32.2. The first-order chi connectivity index (χ1) is 11.1. The van der Waals surface area contributed by atoms with E-state index in [9.17, 15) is 4.79 Å². The van der Waals surface area contributed by atoms with E-state index in [0.717, 1.165) is 28.6 Å². The first-order valence-electron chi connectivity index (χ1n) is 7.90. The maximum atomic E-state index is 12.5. The van der Waals surface area contributed by atoms with Gasteiger partial charge in [0.2, 0.25) is 0 Å². The Morgan fingerprint density at radius 2 is 2.04 bits per heavy atom. The molecule has 1 aliphatic rings. The van der Waals surface area contributed by atoms with Gasteiger partial charge in [-0.3, -0.25) is 4.79 Å². The SMILES string of the molecule is CC(C)c1cccc(OCC(=O)N2CCSc3ccccc32)c1. The van der Waals surface area contributed by atoms with Crippen molar-refractivity contribution < 1.29 is 9.53 Å². The second kappa shape index (κ2) is 7.09. The van der Waals surface area contributed by atoms with Gasteiger partial charge in [-0.25, -0.2) is 0 Å². The standard InChI is InChI=1S/C19H21NO2S/c1-14(2)15-6-5-7-16(12-15)22-13-19(21)20-10-11-23-18-9-4-3-8-17(18)20/h3-9,12,14H,10-11,13H2,1-2H3. The molecule has 0 atom stereocenters. The predicted molar refractivity (Wildman–Crippen MR) is 95.5 cm³/mol. The van der Waals surface area contributed by atoms with E-state index < -0.39 is 0 Å². The van der Waals surface area contributed by atoms with Crippen LogP contribution in [0.25, 0.3) is 0 Å². The minimum absolute atomic E-state index is 0.00713. The molecule has 3 rings (SSSR count). The average molecular weight is 327 g/mol. The summed E-state index contributed by atoms with van der Waals surface area (Å²) in [4.78, 5) is 15.5. The molecule has 3 nitrogen and oxygen atoms in total. The van der Waals surface area contributed by atoms with Crippen molar-refractivity contribution in [3.8, 4) is 5.75 Å². The highest BCUT2D eigenvalue weighted by molar-refractivity contribution is 7.99. The molecule has 2 aromatic rings. The van der Waals surface area contributed by atoms with Crippen LogP contribution >= 0.6 is 11.8 Å². The van der Waals surface area contributed by atoms with Crippen molar-refractivity contribution in [3.63, 3.8) is 0 Å².